The fraction of sp³-hybridized carbons (Fsp3) is 0.455. The van der Waals surface area contributed by atoms with Crippen LogP contribution in [0.25, 0.3) is 0 Å². The van der Waals surface area contributed by atoms with E-state index >= 15 is 0 Å². The highest BCUT2D eigenvalue weighted by Gasteiger charge is 2.15. The Morgan fingerprint density at radius 2 is 2.12 bits per heavy atom. The Morgan fingerprint density at radius 3 is 2.69 bits per heavy atom. The molecule has 1 unspecified atom stereocenters. The molecule has 0 aliphatic rings. The first kappa shape index (κ1) is 13.0. The number of hydrogen-bond donors (Lipinski definition) is 1. The zero-order chi connectivity index (χ0) is 12.1. The highest BCUT2D eigenvalue weighted by Crippen LogP contribution is 2.16. The minimum atomic E-state index is -0.529. The van der Waals surface area contributed by atoms with Crippen molar-refractivity contribution < 1.29 is 9.53 Å². The summed E-state index contributed by atoms with van der Waals surface area (Å²) in [4.78, 5) is 15.5. The van der Waals surface area contributed by atoms with Gasteiger partial charge < -0.3 is 10.1 Å². The second kappa shape index (κ2) is 5.84. The summed E-state index contributed by atoms with van der Waals surface area (Å²) in [5.41, 5.74) is 0. The van der Waals surface area contributed by atoms with Crippen molar-refractivity contribution in [3.05, 3.63) is 22.9 Å². The van der Waals surface area contributed by atoms with Gasteiger partial charge in [0.15, 0.2) is 6.10 Å². The van der Waals surface area contributed by atoms with Crippen molar-refractivity contribution in [2.75, 3.05) is 0 Å². The lowest BCUT2D eigenvalue weighted by Crippen LogP contribution is -2.40. The van der Waals surface area contributed by atoms with Crippen LogP contribution in [0.1, 0.15) is 20.8 Å². The first-order chi connectivity index (χ1) is 7.49. The molecular weight excluding hydrogens is 272 g/mol. The van der Waals surface area contributed by atoms with Gasteiger partial charge in [-0.2, -0.15) is 0 Å². The molecule has 0 aromatic carbocycles. The van der Waals surface area contributed by atoms with E-state index in [-0.39, 0.29) is 11.9 Å². The highest BCUT2D eigenvalue weighted by atomic mass is 79.9. The molecule has 1 amide bonds. The molecule has 1 aromatic heterocycles. The molecule has 4 nitrogen and oxygen atoms in total. The van der Waals surface area contributed by atoms with E-state index in [0.29, 0.717) is 5.75 Å². The van der Waals surface area contributed by atoms with Crippen molar-refractivity contribution in [3.8, 4) is 5.75 Å². The number of nitrogens with one attached hydrogen (secondary N) is 1. The number of carbonyl (C=O) groups excluding carboxylic acids is 1. The number of pyridine rings is 1. The normalized spacial score (nSPS) is 12.3. The Kier molecular flexibility index (Phi) is 4.73. The van der Waals surface area contributed by atoms with Gasteiger partial charge in [-0.1, -0.05) is 0 Å². The molecule has 16 heavy (non-hydrogen) atoms. The molecule has 0 fully saturated rings. The van der Waals surface area contributed by atoms with Crippen LogP contribution in [0.3, 0.4) is 0 Å². The molecule has 0 bridgehead atoms. The molecular formula is C11H15BrN2O2. The number of hydrogen-bond acceptors (Lipinski definition) is 3. The van der Waals surface area contributed by atoms with Crippen LogP contribution in [-0.2, 0) is 4.79 Å². The predicted molar refractivity (Wildman–Crippen MR) is 65.3 cm³/mol. The van der Waals surface area contributed by atoms with Gasteiger partial charge in [0.1, 0.15) is 5.75 Å². The lowest BCUT2D eigenvalue weighted by atomic mass is 10.3. The van der Waals surface area contributed by atoms with Crippen molar-refractivity contribution in [1.82, 2.24) is 10.3 Å². The Morgan fingerprint density at radius 1 is 1.44 bits per heavy atom. The molecule has 1 N–H and O–H groups in total. The number of halogens is 1. The Balaban J connectivity index is 2.57. The molecule has 0 spiro atoms. The van der Waals surface area contributed by atoms with Gasteiger partial charge in [0.2, 0.25) is 0 Å². The van der Waals surface area contributed by atoms with Crippen molar-refractivity contribution in [3.63, 3.8) is 0 Å². The standard InChI is InChI=1S/C11H15BrN2O2/c1-7(2)14-11(15)8(3)16-10-4-9(12)5-13-6-10/h4-8H,1-3H3,(H,14,15). The maximum Gasteiger partial charge on any atom is 0.260 e. The van der Waals surface area contributed by atoms with E-state index in [0.717, 1.165) is 4.47 Å². The summed E-state index contributed by atoms with van der Waals surface area (Å²) in [6.45, 7) is 5.52. The van der Waals surface area contributed by atoms with Gasteiger partial charge in [0.25, 0.3) is 5.91 Å². The van der Waals surface area contributed by atoms with E-state index in [1.165, 1.54) is 0 Å². The molecule has 0 radical (unpaired) electrons. The van der Waals surface area contributed by atoms with Crippen LogP contribution < -0.4 is 10.1 Å². The fourth-order valence-electron chi connectivity index (χ4n) is 1.12. The van der Waals surface area contributed by atoms with Gasteiger partial charge in [0.05, 0.1) is 6.20 Å². The highest BCUT2D eigenvalue weighted by molar-refractivity contribution is 9.10. The van der Waals surface area contributed by atoms with Gasteiger partial charge in [-0.05, 0) is 42.8 Å². The third kappa shape index (κ3) is 4.18. The van der Waals surface area contributed by atoms with Crippen LogP contribution >= 0.6 is 15.9 Å². The van der Waals surface area contributed by atoms with Crippen molar-refractivity contribution in [2.24, 2.45) is 0 Å². The van der Waals surface area contributed by atoms with Crippen LogP contribution in [0.4, 0.5) is 0 Å². The van der Waals surface area contributed by atoms with Crippen LogP contribution in [0.2, 0.25) is 0 Å². The number of aromatic nitrogens is 1. The van der Waals surface area contributed by atoms with Gasteiger partial charge in [0, 0.05) is 16.7 Å². The minimum Gasteiger partial charge on any atom is -0.479 e. The first-order valence-corrected chi connectivity index (χ1v) is 5.86. The molecule has 5 heteroatoms. The average molecular weight is 287 g/mol. The molecule has 88 valence electrons. The first-order valence-electron chi connectivity index (χ1n) is 5.06. The second-order valence-electron chi connectivity index (χ2n) is 3.76. The van der Waals surface area contributed by atoms with E-state index in [4.69, 9.17) is 4.74 Å². The summed E-state index contributed by atoms with van der Waals surface area (Å²) in [5.74, 6) is 0.441. The summed E-state index contributed by atoms with van der Waals surface area (Å²) in [7, 11) is 0. The van der Waals surface area contributed by atoms with Crippen LogP contribution in [-0.4, -0.2) is 23.0 Å². The number of nitrogens with zero attached hydrogens (tertiary/aromatic N) is 1. The number of ether oxygens (including phenoxy) is 1. The molecule has 0 aliphatic carbocycles. The monoisotopic (exact) mass is 286 g/mol. The van der Waals surface area contributed by atoms with E-state index in [9.17, 15) is 4.79 Å². The Labute approximate surface area is 104 Å². The minimum absolute atomic E-state index is 0.110. The van der Waals surface area contributed by atoms with Crippen molar-refractivity contribution in [1.29, 1.82) is 0 Å². The van der Waals surface area contributed by atoms with Crippen LogP contribution in [0, 0.1) is 0 Å². The summed E-state index contributed by atoms with van der Waals surface area (Å²) in [5, 5.41) is 2.78. The predicted octanol–water partition coefficient (Wildman–Crippen LogP) is 2.14. The zero-order valence-corrected chi connectivity index (χ0v) is 11.1. The molecule has 1 rings (SSSR count). The van der Waals surface area contributed by atoms with E-state index < -0.39 is 6.10 Å². The largest absolute Gasteiger partial charge is 0.479 e. The zero-order valence-electron chi connectivity index (χ0n) is 9.53. The molecule has 0 aliphatic heterocycles. The maximum absolute atomic E-state index is 11.6. The second-order valence-corrected chi connectivity index (χ2v) is 4.68. The van der Waals surface area contributed by atoms with Gasteiger partial charge in [-0.25, -0.2) is 0 Å². The quantitative estimate of drug-likeness (QED) is 0.923. The van der Waals surface area contributed by atoms with E-state index in [1.807, 2.05) is 13.8 Å². The number of carbonyl (C=O) groups is 1. The fourth-order valence-corrected chi connectivity index (χ4v) is 1.46. The lowest BCUT2D eigenvalue weighted by Gasteiger charge is -2.16. The number of amides is 1. The maximum atomic E-state index is 11.6. The van der Waals surface area contributed by atoms with Gasteiger partial charge >= 0.3 is 0 Å². The molecule has 1 atom stereocenters. The van der Waals surface area contributed by atoms with Gasteiger partial charge in [-0.3, -0.25) is 9.78 Å². The Bertz CT molecular complexity index is 369. The summed E-state index contributed by atoms with van der Waals surface area (Å²) >= 11 is 3.29. The third-order valence-electron chi connectivity index (χ3n) is 1.79. The molecule has 1 aromatic rings. The van der Waals surface area contributed by atoms with Crippen molar-refractivity contribution >= 4 is 21.8 Å². The third-order valence-corrected chi connectivity index (χ3v) is 2.23. The SMILES string of the molecule is CC(C)NC(=O)C(C)Oc1cncc(Br)c1. The van der Waals surface area contributed by atoms with E-state index in [1.54, 1.807) is 25.4 Å². The summed E-state index contributed by atoms with van der Waals surface area (Å²) in [6, 6.07) is 1.88. The topological polar surface area (TPSA) is 51.2 Å². The van der Waals surface area contributed by atoms with Crippen LogP contribution in [0.15, 0.2) is 22.9 Å². The molecule has 0 saturated heterocycles. The van der Waals surface area contributed by atoms with Gasteiger partial charge in [-0.15, -0.1) is 0 Å². The Hall–Kier alpha value is -1.10. The smallest absolute Gasteiger partial charge is 0.260 e. The average Bonchev–Trinajstić information content (AvgIpc) is 2.16. The van der Waals surface area contributed by atoms with Crippen LogP contribution in [0.5, 0.6) is 5.75 Å². The van der Waals surface area contributed by atoms with E-state index in [2.05, 4.69) is 26.2 Å². The molecule has 1 heterocycles. The summed E-state index contributed by atoms with van der Waals surface area (Å²) < 4.78 is 6.27. The van der Waals surface area contributed by atoms with Crippen molar-refractivity contribution in [2.45, 2.75) is 32.9 Å². The number of rotatable bonds is 4. The molecule has 0 saturated carbocycles. The lowest BCUT2D eigenvalue weighted by molar-refractivity contribution is -0.127. The summed E-state index contributed by atoms with van der Waals surface area (Å²) in [6.07, 6.45) is 2.70.